The quantitative estimate of drug-likeness (QED) is 0.457. The lowest BCUT2D eigenvalue weighted by Gasteiger charge is -2.17. The maximum Gasteiger partial charge on any atom is 0.334 e. The monoisotopic (exact) mass is 320 g/mol. The van der Waals surface area contributed by atoms with Crippen LogP contribution in [0.4, 0.5) is 0 Å². The Morgan fingerprint density at radius 1 is 1.35 bits per heavy atom. The molecule has 0 amide bonds. The Hall–Kier alpha value is -1.85. The second-order valence-electron chi connectivity index (χ2n) is 5.91. The minimum Gasteiger partial charge on any atom is -0.463 e. The average molecular weight is 320 g/mol. The van der Waals surface area contributed by atoms with E-state index >= 15 is 0 Å². The van der Waals surface area contributed by atoms with Crippen LogP contribution in [-0.4, -0.2) is 31.1 Å². The van der Waals surface area contributed by atoms with E-state index in [9.17, 15) is 4.79 Å². The zero-order chi connectivity index (χ0) is 16.9. The molecule has 5 nitrogen and oxygen atoms in total. The lowest BCUT2D eigenvalue weighted by Crippen LogP contribution is -2.22. The molecule has 126 valence electrons. The van der Waals surface area contributed by atoms with Gasteiger partial charge in [-0.25, -0.2) is 4.79 Å². The highest BCUT2D eigenvalue weighted by Gasteiger charge is 2.32. The molecule has 1 aliphatic heterocycles. The van der Waals surface area contributed by atoms with Crippen LogP contribution in [-0.2, 0) is 25.4 Å². The number of allylic oxidation sites excluding steroid dienone is 1. The molecule has 1 atom stereocenters. The first kappa shape index (κ1) is 17.5. The summed E-state index contributed by atoms with van der Waals surface area (Å²) < 4.78 is 21.8. The average Bonchev–Trinajstić information content (AvgIpc) is 2.80. The van der Waals surface area contributed by atoms with Gasteiger partial charge in [0.25, 0.3) is 0 Å². The van der Waals surface area contributed by atoms with E-state index in [4.69, 9.17) is 18.9 Å². The molecule has 5 heteroatoms. The SMILES string of the molecule is CCOC(=O)C=C(C)Oc1ccc(C[C@H]2COC(C)(C)O2)cc1. The van der Waals surface area contributed by atoms with Crippen molar-refractivity contribution in [3.8, 4) is 5.75 Å². The zero-order valence-electron chi connectivity index (χ0n) is 14.1. The van der Waals surface area contributed by atoms with E-state index in [0.717, 1.165) is 12.0 Å². The number of ether oxygens (including phenoxy) is 4. The van der Waals surface area contributed by atoms with E-state index in [1.807, 2.05) is 38.1 Å². The van der Waals surface area contributed by atoms with Gasteiger partial charge >= 0.3 is 5.97 Å². The van der Waals surface area contributed by atoms with Crippen molar-refractivity contribution >= 4 is 5.97 Å². The first-order valence-electron chi connectivity index (χ1n) is 7.81. The molecule has 0 aliphatic carbocycles. The molecule has 0 radical (unpaired) electrons. The molecule has 0 spiro atoms. The van der Waals surface area contributed by atoms with Crippen LogP contribution in [0.1, 0.15) is 33.3 Å². The zero-order valence-corrected chi connectivity index (χ0v) is 14.1. The highest BCUT2D eigenvalue weighted by molar-refractivity contribution is 5.82. The van der Waals surface area contributed by atoms with Crippen LogP contribution < -0.4 is 4.74 Å². The van der Waals surface area contributed by atoms with Gasteiger partial charge in [0.05, 0.1) is 25.4 Å². The van der Waals surface area contributed by atoms with Gasteiger partial charge < -0.3 is 18.9 Å². The van der Waals surface area contributed by atoms with Crippen molar-refractivity contribution in [2.24, 2.45) is 0 Å². The van der Waals surface area contributed by atoms with Gasteiger partial charge in [0.15, 0.2) is 5.79 Å². The van der Waals surface area contributed by atoms with Crippen LogP contribution >= 0.6 is 0 Å². The number of esters is 1. The van der Waals surface area contributed by atoms with Crippen molar-refractivity contribution in [1.29, 1.82) is 0 Å². The van der Waals surface area contributed by atoms with Gasteiger partial charge in [-0.1, -0.05) is 12.1 Å². The molecule has 23 heavy (non-hydrogen) atoms. The molecule has 2 rings (SSSR count). The predicted octanol–water partition coefficient (Wildman–Crippen LogP) is 3.23. The second kappa shape index (κ2) is 7.62. The van der Waals surface area contributed by atoms with E-state index in [1.165, 1.54) is 6.08 Å². The minimum absolute atomic E-state index is 0.0715. The maximum absolute atomic E-state index is 11.3. The predicted molar refractivity (Wildman–Crippen MR) is 86.1 cm³/mol. The fourth-order valence-electron chi connectivity index (χ4n) is 2.39. The maximum atomic E-state index is 11.3. The molecule has 0 aromatic heterocycles. The molecule has 0 saturated carbocycles. The third-order valence-electron chi connectivity index (χ3n) is 3.34. The standard InChI is InChI=1S/C18H24O5/c1-5-20-17(19)10-13(2)22-15-8-6-14(7-9-15)11-16-12-21-18(3,4)23-16/h6-10,16H,5,11-12H2,1-4H3/t16-/m0/s1. The fourth-order valence-corrected chi connectivity index (χ4v) is 2.39. The highest BCUT2D eigenvalue weighted by atomic mass is 16.7. The summed E-state index contributed by atoms with van der Waals surface area (Å²) in [5.41, 5.74) is 1.15. The first-order chi connectivity index (χ1) is 10.9. The van der Waals surface area contributed by atoms with Crippen molar-refractivity contribution < 1.29 is 23.7 Å². The molecule has 1 saturated heterocycles. The van der Waals surface area contributed by atoms with Gasteiger partial charge in [-0.3, -0.25) is 0 Å². The summed E-state index contributed by atoms with van der Waals surface area (Å²) in [4.78, 5) is 11.3. The van der Waals surface area contributed by atoms with Crippen LogP contribution in [0.25, 0.3) is 0 Å². The summed E-state index contributed by atoms with van der Waals surface area (Å²) in [6.07, 6.45) is 2.20. The molecule has 0 unspecified atom stereocenters. The summed E-state index contributed by atoms with van der Waals surface area (Å²) in [7, 11) is 0. The summed E-state index contributed by atoms with van der Waals surface area (Å²) >= 11 is 0. The molecule has 0 bridgehead atoms. The van der Waals surface area contributed by atoms with Crippen LogP contribution in [0.2, 0.25) is 0 Å². The van der Waals surface area contributed by atoms with Crippen molar-refractivity contribution in [3.05, 3.63) is 41.7 Å². The normalized spacial score (nSPS) is 20.3. The smallest absolute Gasteiger partial charge is 0.334 e. The molecular formula is C18H24O5. The lowest BCUT2D eigenvalue weighted by molar-refractivity contribution is -0.138. The third kappa shape index (κ3) is 5.69. The Bertz CT molecular complexity index is 559. The number of hydrogen-bond donors (Lipinski definition) is 0. The molecule has 1 aromatic carbocycles. The van der Waals surface area contributed by atoms with Crippen LogP contribution in [0, 0.1) is 0 Å². The molecule has 1 aliphatic rings. The van der Waals surface area contributed by atoms with Gasteiger partial charge in [-0.15, -0.1) is 0 Å². The number of hydrogen-bond acceptors (Lipinski definition) is 5. The topological polar surface area (TPSA) is 54.0 Å². The minimum atomic E-state index is -0.497. The molecule has 1 heterocycles. The van der Waals surface area contributed by atoms with E-state index < -0.39 is 11.8 Å². The molecular weight excluding hydrogens is 296 g/mol. The first-order valence-corrected chi connectivity index (χ1v) is 7.81. The van der Waals surface area contributed by atoms with Gasteiger partial charge in [0.2, 0.25) is 0 Å². The van der Waals surface area contributed by atoms with Gasteiger partial charge in [0, 0.05) is 6.42 Å². The summed E-state index contributed by atoms with van der Waals surface area (Å²) in [6.45, 7) is 8.27. The Morgan fingerprint density at radius 2 is 2.04 bits per heavy atom. The van der Waals surface area contributed by atoms with Crippen molar-refractivity contribution in [2.45, 2.75) is 46.0 Å². The number of benzene rings is 1. The Kier molecular flexibility index (Phi) is 5.80. The van der Waals surface area contributed by atoms with Crippen LogP contribution in [0.15, 0.2) is 36.1 Å². The Morgan fingerprint density at radius 3 is 2.61 bits per heavy atom. The fraction of sp³-hybridized carbons (Fsp3) is 0.500. The van der Waals surface area contributed by atoms with Crippen molar-refractivity contribution in [2.75, 3.05) is 13.2 Å². The summed E-state index contributed by atoms with van der Waals surface area (Å²) in [5.74, 6) is 0.270. The van der Waals surface area contributed by atoms with Crippen LogP contribution in [0.3, 0.4) is 0 Å². The van der Waals surface area contributed by atoms with Gasteiger partial charge in [-0.2, -0.15) is 0 Å². The van der Waals surface area contributed by atoms with E-state index in [-0.39, 0.29) is 6.10 Å². The van der Waals surface area contributed by atoms with E-state index in [1.54, 1.807) is 13.8 Å². The molecule has 1 aromatic rings. The van der Waals surface area contributed by atoms with Gasteiger partial charge in [0.1, 0.15) is 11.5 Å². The number of rotatable bonds is 6. The largest absolute Gasteiger partial charge is 0.463 e. The summed E-state index contributed by atoms with van der Waals surface area (Å²) in [6, 6.07) is 7.72. The Labute approximate surface area is 137 Å². The van der Waals surface area contributed by atoms with Crippen molar-refractivity contribution in [3.63, 3.8) is 0 Å². The van der Waals surface area contributed by atoms with Crippen molar-refractivity contribution in [1.82, 2.24) is 0 Å². The Balaban J connectivity index is 1.88. The third-order valence-corrected chi connectivity index (χ3v) is 3.34. The summed E-state index contributed by atoms with van der Waals surface area (Å²) in [5, 5.41) is 0. The van der Waals surface area contributed by atoms with Gasteiger partial charge in [-0.05, 0) is 45.4 Å². The second-order valence-corrected chi connectivity index (χ2v) is 5.91. The number of carbonyl (C=O) groups is 1. The lowest BCUT2D eigenvalue weighted by atomic mass is 10.1. The molecule has 1 fully saturated rings. The number of carbonyl (C=O) groups excluding carboxylic acids is 1. The van der Waals surface area contributed by atoms with E-state index in [2.05, 4.69) is 0 Å². The molecule has 0 N–H and O–H groups in total. The van der Waals surface area contributed by atoms with E-state index in [0.29, 0.717) is 24.7 Å². The highest BCUT2D eigenvalue weighted by Crippen LogP contribution is 2.25. The van der Waals surface area contributed by atoms with Crippen LogP contribution in [0.5, 0.6) is 5.75 Å².